The SMILES string of the molecule is CCC1=C(c2nnco2)CN=C(c2nccs2)N1. The summed E-state index contributed by atoms with van der Waals surface area (Å²) in [5.74, 6) is 1.34. The Bertz CT molecular complexity index is 585. The number of allylic oxidation sites excluding steroid dienone is 1. The molecule has 0 radical (unpaired) electrons. The second kappa shape index (κ2) is 4.69. The van der Waals surface area contributed by atoms with Gasteiger partial charge in [0.2, 0.25) is 12.3 Å². The fourth-order valence-electron chi connectivity index (χ4n) is 1.78. The van der Waals surface area contributed by atoms with Gasteiger partial charge in [0.25, 0.3) is 0 Å². The van der Waals surface area contributed by atoms with Gasteiger partial charge in [-0.1, -0.05) is 6.92 Å². The molecule has 0 saturated heterocycles. The normalized spacial score (nSPS) is 15.5. The monoisotopic (exact) mass is 261 g/mol. The minimum Gasteiger partial charge on any atom is -0.424 e. The van der Waals surface area contributed by atoms with E-state index in [2.05, 4.69) is 32.4 Å². The predicted octanol–water partition coefficient (Wildman–Crippen LogP) is 1.70. The first-order chi connectivity index (χ1) is 8.88. The Hall–Kier alpha value is -2.02. The molecule has 0 saturated carbocycles. The Balaban J connectivity index is 1.90. The van der Waals surface area contributed by atoms with Crippen LogP contribution in [0.1, 0.15) is 24.2 Å². The lowest BCUT2D eigenvalue weighted by molar-refractivity contribution is 0.535. The van der Waals surface area contributed by atoms with Crippen molar-refractivity contribution >= 4 is 22.7 Å². The van der Waals surface area contributed by atoms with Crippen LogP contribution in [0.15, 0.2) is 33.1 Å². The topological polar surface area (TPSA) is 76.2 Å². The highest BCUT2D eigenvalue weighted by molar-refractivity contribution is 7.11. The molecule has 2 aromatic heterocycles. The largest absolute Gasteiger partial charge is 0.424 e. The van der Waals surface area contributed by atoms with Gasteiger partial charge >= 0.3 is 0 Å². The van der Waals surface area contributed by atoms with Crippen LogP contribution in [0.3, 0.4) is 0 Å². The number of hydrogen-bond acceptors (Lipinski definition) is 7. The summed E-state index contributed by atoms with van der Waals surface area (Å²) in [6.07, 6.45) is 3.95. The maximum absolute atomic E-state index is 5.23. The maximum Gasteiger partial charge on any atom is 0.247 e. The zero-order chi connectivity index (χ0) is 12.4. The first-order valence-corrected chi connectivity index (χ1v) is 6.46. The summed E-state index contributed by atoms with van der Waals surface area (Å²) in [5.41, 5.74) is 2.01. The van der Waals surface area contributed by atoms with Gasteiger partial charge in [0.05, 0.1) is 12.1 Å². The molecule has 0 unspecified atom stereocenters. The van der Waals surface area contributed by atoms with Crippen molar-refractivity contribution < 1.29 is 4.42 Å². The standard InChI is InChI=1S/C11H11N5OS/c1-2-8-7(10-16-14-6-17-10)5-13-9(15-8)11-12-3-4-18-11/h3-4,6H,2,5H2,1H3,(H,13,15). The summed E-state index contributed by atoms with van der Waals surface area (Å²) in [5, 5.41) is 13.7. The van der Waals surface area contributed by atoms with Gasteiger partial charge in [0.15, 0.2) is 10.8 Å². The van der Waals surface area contributed by atoms with Gasteiger partial charge < -0.3 is 9.73 Å². The van der Waals surface area contributed by atoms with E-state index in [0.29, 0.717) is 12.4 Å². The van der Waals surface area contributed by atoms with Crippen molar-refractivity contribution in [3.05, 3.63) is 34.6 Å². The van der Waals surface area contributed by atoms with Gasteiger partial charge in [-0.2, -0.15) is 0 Å². The minimum absolute atomic E-state index is 0.529. The summed E-state index contributed by atoms with van der Waals surface area (Å²) >= 11 is 1.56. The van der Waals surface area contributed by atoms with E-state index in [1.807, 2.05) is 5.38 Å². The Labute approximate surface area is 107 Å². The van der Waals surface area contributed by atoms with Gasteiger partial charge in [0, 0.05) is 17.3 Å². The summed E-state index contributed by atoms with van der Waals surface area (Å²) in [6.45, 7) is 2.61. The Morgan fingerprint density at radius 3 is 3.11 bits per heavy atom. The first kappa shape index (κ1) is 11.1. The van der Waals surface area contributed by atoms with Crippen LogP contribution < -0.4 is 5.32 Å². The molecule has 3 rings (SSSR count). The fraction of sp³-hybridized carbons (Fsp3) is 0.273. The van der Waals surface area contributed by atoms with E-state index in [4.69, 9.17) is 4.42 Å². The van der Waals surface area contributed by atoms with E-state index in [9.17, 15) is 0 Å². The molecule has 0 fully saturated rings. The van der Waals surface area contributed by atoms with Gasteiger partial charge in [-0.3, -0.25) is 4.99 Å². The van der Waals surface area contributed by atoms with Crippen LogP contribution >= 0.6 is 11.3 Å². The molecule has 0 bridgehead atoms. The maximum atomic E-state index is 5.23. The van der Waals surface area contributed by atoms with Crippen LogP contribution in [0.5, 0.6) is 0 Å². The van der Waals surface area contributed by atoms with Crippen LogP contribution in [-0.4, -0.2) is 27.6 Å². The van der Waals surface area contributed by atoms with Crippen LogP contribution in [0.2, 0.25) is 0 Å². The van der Waals surface area contributed by atoms with Gasteiger partial charge in [-0.25, -0.2) is 4.98 Å². The number of nitrogens with one attached hydrogen (secondary N) is 1. The number of hydrogen-bond donors (Lipinski definition) is 1. The van der Waals surface area contributed by atoms with E-state index in [0.717, 1.165) is 28.5 Å². The second-order valence-corrected chi connectivity index (χ2v) is 4.58. The Kier molecular flexibility index (Phi) is 2.89. The lowest BCUT2D eigenvalue weighted by Crippen LogP contribution is -2.29. The molecule has 1 aliphatic heterocycles. The van der Waals surface area contributed by atoms with Crippen molar-refractivity contribution in [2.24, 2.45) is 4.99 Å². The van der Waals surface area contributed by atoms with E-state index in [-0.39, 0.29) is 0 Å². The summed E-state index contributed by atoms with van der Waals surface area (Å²) in [7, 11) is 0. The highest BCUT2D eigenvalue weighted by Gasteiger charge is 2.20. The van der Waals surface area contributed by atoms with E-state index >= 15 is 0 Å². The number of aliphatic imine (C=N–C) groups is 1. The lowest BCUT2D eigenvalue weighted by atomic mass is 10.1. The van der Waals surface area contributed by atoms with Crippen molar-refractivity contribution in [3.8, 4) is 0 Å². The molecule has 0 aliphatic carbocycles. The smallest absolute Gasteiger partial charge is 0.247 e. The van der Waals surface area contributed by atoms with Gasteiger partial charge in [0.1, 0.15) is 0 Å². The molecule has 7 heteroatoms. The average Bonchev–Trinajstić information content (AvgIpc) is 3.11. The van der Waals surface area contributed by atoms with Crippen molar-refractivity contribution in [3.63, 3.8) is 0 Å². The third kappa shape index (κ3) is 1.92. The molecule has 3 heterocycles. The number of amidine groups is 1. The number of aromatic nitrogens is 3. The quantitative estimate of drug-likeness (QED) is 0.910. The summed E-state index contributed by atoms with van der Waals surface area (Å²) in [6, 6.07) is 0. The number of rotatable bonds is 3. The molecule has 0 spiro atoms. The third-order valence-corrected chi connectivity index (χ3v) is 3.42. The van der Waals surface area contributed by atoms with Gasteiger partial charge in [-0.05, 0) is 6.42 Å². The van der Waals surface area contributed by atoms with Crippen LogP contribution in [0.4, 0.5) is 0 Å². The molecule has 1 N–H and O–H groups in total. The zero-order valence-corrected chi connectivity index (χ0v) is 10.6. The highest BCUT2D eigenvalue weighted by atomic mass is 32.1. The third-order valence-electron chi connectivity index (χ3n) is 2.64. The van der Waals surface area contributed by atoms with Gasteiger partial charge in [-0.15, -0.1) is 21.5 Å². The van der Waals surface area contributed by atoms with Crippen molar-refractivity contribution in [1.29, 1.82) is 0 Å². The molecule has 2 aromatic rings. The van der Waals surface area contributed by atoms with Crippen LogP contribution in [-0.2, 0) is 0 Å². The van der Waals surface area contributed by atoms with Crippen molar-refractivity contribution in [1.82, 2.24) is 20.5 Å². The molecule has 0 amide bonds. The molecule has 0 atom stereocenters. The second-order valence-electron chi connectivity index (χ2n) is 3.68. The van der Waals surface area contributed by atoms with Crippen LogP contribution in [0, 0.1) is 0 Å². The fourth-order valence-corrected chi connectivity index (χ4v) is 2.38. The molecule has 6 nitrogen and oxygen atoms in total. The Morgan fingerprint density at radius 2 is 2.44 bits per heavy atom. The summed E-state index contributed by atoms with van der Waals surface area (Å²) < 4.78 is 5.23. The predicted molar refractivity (Wildman–Crippen MR) is 68.2 cm³/mol. The average molecular weight is 261 g/mol. The molecule has 18 heavy (non-hydrogen) atoms. The Morgan fingerprint density at radius 1 is 1.50 bits per heavy atom. The molecular weight excluding hydrogens is 250 g/mol. The minimum atomic E-state index is 0.529. The molecule has 1 aliphatic rings. The lowest BCUT2D eigenvalue weighted by Gasteiger charge is -2.18. The highest BCUT2D eigenvalue weighted by Crippen LogP contribution is 2.22. The molecule has 0 aromatic carbocycles. The number of thiazole rings is 1. The van der Waals surface area contributed by atoms with Crippen molar-refractivity contribution in [2.45, 2.75) is 13.3 Å². The van der Waals surface area contributed by atoms with E-state index < -0.39 is 0 Å². The van der Waals surface area contributed by atoms with E-state index in [1.165, 1.54) is 6.39 Å². The van der Waals surface area contributed by atoms with E-state index in [1.54, 1.807) is 17.5 Å². The van der Waals surface area contributed by atoms with Crippen LogP contribution in [0.25, 0.3) is 5.57 Å². The molecule has 92 valence electrons. The summed E-state index contributed by atoms with van der Waals surface area (Å²) in [4.78, 5) is 8.72. The number of nitrogens with zero attached hydrogens (tertiary/aromatic N) is 4. The molecular formula is C11H11N5OS. The van der Waals surface area contributed by atoms with Crippen molar-refractivity contribution in [2.75, 3.05) is 6.54 Å². The zero-order valence-electron chi connectivity index (χ0n) is 9.75. The first-order valence-electron chi connectivity index (χ1n) is 5.58.